The Kier molecular flexibility index (Phi) is 3.21. The average Bonchev–Trinajstić information content (AvgIpc) is 2.66. The summed E-state index contributed by atoms with van der Waals surface area (Å²) in [6.07, 6.45) is 0. The summed E-state index contributed by atoms with van der Waals surface area (Å²) >= 11 is 0. The number of anilines is 2. The zero-order valence-electron chi connectivity index (χ0n) is 14.1. The number of fused-ring (bicyclic) bond motifs is 4. The molecule has 0 aliphatic carbocycles. The minimum atomic E-state index is -0.565. The van der Waals surface area contributed by atoms with Gasteiger partial charge in [-0.25, -0.2) is 4.79 Å². The number of rotatable bonds is 1. The van der Waals surface area contributed by atoms with E-state index in [1.54, 1.807) is 18.2 Å². The lowest BCUT2D eigenvalue weighted by Gasteiger charge is -2.29. The lowest BCUT2D eigenvalue weighted by molar-refractivity contribution is 0.474. The molecule has 2 heterocycles. The van der Waals surface area contributed by atoms with Crippen LogP contribution >= 0.6 is 0 Å². The molecule has 6 heteroatoms. The number of benzene rings is 3. The van der Waals surface area contributed by atoms with Gasteiger partial charge >= 0.3 is 5.69 Å². The Morgan fingerprint density at radius 1 is 0.889 bits per heavy atom. The van der Waals surface area contributed by atoms with Crippen LogP contribution in [-0.2, 0) is 0 Å². The van der Waals surface area contributed by atoms with E-state index in [1.807, 2.05) is 42.5 Å². The second kappa shape index (κ2) is 5.60. The first-order valence-corrected chi connectivity index (χ1v) is 8.56. The fraction of sp³-hybridized carbons (Fsp3) is 0.0476. The van der Waals surface area contributed by atoms with Crippen LogP contribution in [0.4, 0.5) is 11.5 Å². The Labute approximate surface area is 153 Å². The maximum Gasteiger partial charge on any atom is 0.327 e. The first-order valence-electron chi connectivity index (χ1n) is 8.56. The Balaban J connectivity index is 1.89. The van der Waals surface area contributed by atoms with Crippen molar-refractivity contribution in [1.82, 2.24) is 9.97 Å². The summed E-state index contributed by atoms with van der Waals surface area (Å²) in [5.74, 6) is 0.0743. The minimum Gasteiger partial charge on any atom is -0.508 e. The van der Waals surface area contributed by atoms with E-state index in [9.17, 15) is 14.7 Å². The van der Waals surface area contributed by atoms with Crippen molar-refractivity contribution in [3.05, 3.63) is 98.2 Å². The SMILES string of the molecule is O=c1[nH]c2c(c(=O)[nH]1)C(c1cccc(O)c1)c1ccc3ccccc3c1N2. The van der Waals surface area contributed by atoms with Crippen LogP contribution in [0.25, 0.3) is 10.8 Å². The monoisotopic (exact) mass is 357 g/mol. The highest BCUT2D eigenvalue weighted by Crippen LogP contribution is 2.45. The Morgan fingerprint density at radius 2 is 1.74 bits per heavy atom. The number of aromatic nitrogens is 2. The number of hydrogen-bond donors (Lipinski definition) is 4. The molecule has 0 fully saturated rings. The summed E-state index contributed by atoms with van der Waals surface area (Å²) in [7, 11) is 0. The summed E-state index contributed by atoms with van der Waals surface area (Å²) in [5.41, 5.74) is 1.92. The van der Waals surface area contributed by atoms with Gasteiger partial charge in [0.1, 0.15) is 11.6 Å². The number of nitrogens with one attached hydrogen (secondary N) is 3. The van der Waals surface area contributed by atoms with Gasteiger partial charge in [0.05, 0.1) is 11.3 Å². The summed E-state index contributed by atoms with van der Waals surface area (Å²) in [6.45, 7) is 0. The highest BCUT2D eigenvalue weighted by Gasteiger charge is 2.31. The average molecular weight is 357 g/mol. The molecule has 1 aliphatic heterocycles. The lowest BCUT2D eigenvalue weighted by atomic mass is 9.81. The van der Waals surface area contributed by atoms with Crippen LogP contribution in [0.1, 0.15) is 22.6 Å². The van der Waals surface area contributed by atoms with Crippen molar-refractivity contribution >= 4 is 22.3 Å². The fourth-order valence-electron chi connectivity index (χ4n) is 3.87. The van der Waals surface area contributed by atoms with Crippen molar-refractivity contribution in [2.75, 3.05) is 5.32 Å². The smallest absolute Gasteiger partial charge is 0.327 e. The predicted octanol–water partition coefficient (Wildman–Crippen LogP) is 3.16. The molecule has 0 amide bonds. The van der Waals surface area contributed by atoms with Gasteiger partial charge in [0, 0.05) is 11.3 Å². The van der Waals surface area contributed by atoms with E-state index in [0.29, 0.717) is 11.4 Å². The van der Waals surface area contributed by atoms with Crippen LogP contribution in [0.5, 0.6) is 5.75 Å². The van der Waals surface area contributed by atoms with Gasteiger partial charge in [0.15, 0.2) is 0 Å². The molecule has 1 aliphatic rings. The normalized spacial score (nSPS) is 15.0. The van der Waals surface area contributed by atoms with E-state index in [-0.39, 0.29) is 5.75 Å². The molecule has 0 radical (unpaired) electrons. The van der Waals surface area contributed by atoms with Gasteiger partial charge in [-0.15, -0.1) is 0 Å². The molecule has 132 valence electrons. The third-order valence-electron chi connectivity index (χ3n) is 4.99. The van der Waals surface area contributed by atoms with Crippen LogP contribution in [-0.4, -0.2) is 15.1 Å². The van der Waals surface area contributed by atoms with Gasteiger partial charge in [-0.2, -0.15) is 0 Å². The molecule has 1 unspecified atom stereocenters. The van der Waals surface area contributed by atoms with Crippen LogP contribution < -0.4 is 16.6 Å². The number of aromatic amines is 2. The summed E-state index contributed by atoms with van der Waals surface area (Å²) in [4.78, 5) is 29.5. The zero-order valence-corrected chi connectivity index (χ0v) is 14.1. The predicted molar refractivity (Wildman–Crippen MR) is 104 cm³/mol. The number of hydrogen-bond acceptors (Lipinski definition) is 4. The maximum absolute atomic E-state index is 12.6. The van der Waals surface area contributed by atoms with Gasteiger partial charge in [0.2, 0.25) is 0 Å². The minimum absolute atomic E-state index is 0.121. The van der Waals surface area contributed by atoms with Crippen molar-refractivity contribution in [3.63, 3.8) is 0 Å². The van der Waals surface area contributed by atoms with E-state index < -0.39 is 17.2 Å². The van der Waals surface area contributed by atoms with Crippen molar-refractivity contribution < 1.29 is 5.11 Å². The van der Waals surface area contributed by atoms with E-state index in [4.69, 9.17) is 0 Å². The molecule has 0 spiro atoms. The fourth-order valence-corrected chi connectivity index (χ4v) is 3.87. The molecule has 0 saturated carbocycles. The molecule has 1 atom stereocenters. The molecule has 5 rings (SSSR count). The molecule has 1 aromatic heterocycles. The van der Waals surface area contributed by atoms with Crippen molar-refractivity contribution in [2.45, 2.75) is 5.92 Å². The summed E-state index contributed by atoms with van der Waals surface area (Å²) in [5, 5.41) is 15.2. The van der Waals surface area contributed by atoms with Crippen molar-refractivity contribution in [2.24, 2.45) is 0 Å². The zero-order chi connectivity index (χ0) is 18.5. The Hall–Kier alpha value is -3.80. The largest absolute Gasteiger partial charge is 0.508 e. The molecule has 0 bridgehead atoms. The second-order valence-corrected chi connectivity index (χ2v) is 6.60. The summed E-state index contributed by atoms with van der Waals surface area (Å²) in [6, 6.07) is 18.7. The van der Waals surface area contributed by atoms with Gasteiger partial charge in [-0.1, -0.05) is 48.5 Å². The Bertz CT molecular complexity index is 1320. The number of aromatic hydroxyl groups is 1. The van der Waals surface area contributed by atoms with Gasteiger partial charge in [-0.05, 0) is 28.6 Å². The lowest BCUT2D eigenvalue weighted by Crippen LogP contribution is -2.31. The highest BCUT2D eigenvalue weighted by molar-refractivity contribution is 5.99. The molecule has 27 heavy (non-hydrogen) atoms. The van der Waals surface area contributed by atoms with Gasteiger partial charge in [0.25, 0.3) is 5.56 Å². The van der Waals surface area contributed by atoms with Crippen molar-refractivity contribution in [3.8, 4) is 5.75 Å². The van der Waals surface area contributed by atoms with Crippen molar-refractivity contribution in [1.29, 1.82) is 0 Å². The molecular formula is C21H15N3O3. The van der Waals surface area contributed by atoms with Gasteiger partial charge in [-0.3, -0.25) is 14.8 Å². The highest BCUT2D eigenvalue weighted by atomic mass is 16.3. The van der Waals surface area contributed by atoms with E-state index in [0.717, 1.165) is 27.6 Å². The first kappa shape index (κ1) is 15.5. The molecule has 0 saturated heterocycles. The van der Waals surface area contributed by atoms with Crippen LogP contribution in [0.15, 0.2) is 70.3 Å². The van der Waals surface area contributed by atoms with E-state index in [1.165, 1.54) is 0 Å². The maximum atomic E-state index is 12.6. The number of phenolic OH excluding ortho intramolecular Hbond substituents is 1. The molecule has 4 aromatic rings. The molecule has 4 N–H and O–H groups in total. The topological polar surface area (TPSA) is 98.0 Å². The second-order valence-electron chi connectivity index (χ2n) is 6.60. The van der Waals surface area contributed by atoms with Crippen LogP contribution in [0, 0.1) is 0 Å². The Morgan fingerprint density at radius 3 is 2.59 bits per heavy atom. The molecular weight excluding hydrogens is 342 g/mol. The van der Waals surface area contributed by atoms with Crippen LogP contribution in [0.3, 0.4) is 0 Å². The van der Waals surface area contributed by atoms with Crippen LogP contribution in [0.2, 0.25) is 0 Å². The quantitative estimate of drug-likeness (QED) is 0.370. The molecule has 3 aromatic carbocycles. The molecule has 6 nitrogen and oxygen atoms in total. The first-order chi connectivity index (χ1) is 13.1. The third kappa shape index (κ3) is 2.34. The third-order valence-corrected chi connectivity index (χ3v) is 4.99. The van der Waals surface area contributed by atoms with E-state index >= 15 is 0 Å². The van der Waals surface area contributed by atoms with E-state index in [2.05, 4.69) is 15.3 Å². The standard InChI is InChI=1S/C21H15N3O3/c25-13-6-3-5-12(10-13)16-15-9-8-11-4-1-2-7-14(11)18(15)22-19-17(16)20(26)24-21(27)23-19/h1-10,16,25H,(H3,22,23,24,26,27). The number of phenols is 1. The summed E-state index contributed by atoms with van der Waals surface area (Å²) < 4.78 is 0. The van der Waals surface area contributed by atoms with Gasteiger partial charge < -0.3 is 10.4 Å². The number of H-pyrrole nitrogens is 2.